The van der Waals surface area contributed by atoms with Crippen LogP contribution in [0.2, 0.25) is 0 Å². The van der Waals surface area contributed by atoms with E-state index in [9.17, 15) is 5.11 Å². The molecule has 0 saturated heterocycles. The Hall–Kier alpha value is -1.06. The van der Waals surface area contributed by atoms with Gasteiger partial charge in [-0.1, -0.05) is 19.1 Å². The smallest absolute Gasteiger partial charge is 0.119 e. The van der Waals surface area contributed by atoms with Crippen molar-refractivity contribution in [3.63, 3.8) is 0 Å². The largest absolute Gasteiger partial charge is 0.494 e. The molecule has 0 aromatic heterocycles. The number of hydrogen-bond acceptors (Lipinski definition) is 3. The van der Waals surface area contributed by atoms with Gasteiger partial charge in [-0.25, -0.2) is 0 Å². The lowest BCUT2D eigenvalue weighted by molar-refractivity contribution is 0.141. The standard InChI is InChI=1S/C13H21NO2/c1-3-13(15)12(9-14)10-5-7-11(8-6-10)16-4-2/h5-8,12-13,15H,3-4,9,14H2,1-2H3. The Kier molecular flexibility index (Phi) is 5.29. The molecule has 0 aliphatic heterocycles. The number of aliphatic hydroxyl groups is 1. The monoisotopic (exact) mass is 223 g/mol. The molecule has 0 saturated carbocycles. The Morgan fingerprint density at radius 1 is 1.25 bits per heavy atom. The van der Waals surface area contributed by atoms with Crippen LogP contribution in [0.5, 0.6) is 5.75 Å². The highest BCUT2D eigenvalue weighted by Gasteiger charge is 2.17. The molecule has 0 bridgehead atoms. The SMILES string of the molecule is CCOc1ccc(C(CN)C(O)CC)cc1. The van der Waals surface area contributed by atoms with E-state index < -0.39 is 0 Å². The zero-order chi connectivity index (χ0) is 12.0. The Morgan fingerprint density at radius 2 is 1.88 bits per heavy atom. The second kappa shape index (κ2) is 6.51. The lowest BCUT2D eigenvalue weighted by Crippen LogP contribution is -2.25. The van der Waals surface area contributed by atoms with Gasteiger partial charge in [0.05, 0.1) is 12.7 Å². The summed E-state index contributed by atoms with van der Waals surface area (Å²) in [5.41, 5.74) is 6.76. The molecule has 0 spiro atoms. The fraction of sp³-hybridized carbons (Fsp3) is 0.538. The summed E-state index contributed by atoms with van der Waals surface area (Å²) in [4.78, 5) is 0. The summed E-state index contributed by atoms with van der Waals surface area (Å²) in [7, 11) is 0. The molecule has 16 heavy (non-hydrogen) atoms. The number of benzene rings is 1. The van der Waals surface area contributed by atoms with Crippen molar-refractivity contribution < 1.29 is 9.84 Å². The first-order chi connectivity index (χ1) is 7.72. The van der Waals surface area contributed by atoms with Crippen molar-refractivity contribution in [3.8, 4) is 5.75 Å². The predicted molar refractivity (Wildman–Crippen MR) is 65.7 cm³/mol. The first-order valence-corrected chi connectivity index (χ1v) is 5.83. The van der Waals surface area contributed by atoms with E-state index in [2.05, 4.69) is 0 Å². The first kappa shape index (κ1) is 13.0. The molecule has 0 aliphatic rings. The average Bonchev–Trinajstić information content (AvgIpc) is 2.32. The van der Waals surface area contributed by atoms with E-state index in [1.807, 2.05) is 38.1 Å². The molecular weight excluding hydrogens is 202 g/mol. The van der Waals surface area contributed by atoms with E-state index in [0.717, 1.165) is 17.7 Å². The van der Waals surface area contributed by atoms with Crippen LogP contribution in [0.25, 0.3) is 0 Å². The molecule has 1 rings (SSSR count). The van der Waals surface area contributed by atoms with Crippen molar-refractivity contribution in [1.29, 1.82) is 0 Å². The minimum atomic E-state index is -0.372. The van der Waals surface area contributed by atoms with Gasteiger partial charge < -0.3 is 15.6 Å². The molecule has 2 unspecified atom stereocenters. The molecule has 1 aromatic carbocycles. The van der Waals surface area contributed by atoms with Crippen LogP contribution in [0.4, 0.5) is 0 Å². The van der Waals surface area contributed by atoms with E-state index in [1.165, 1.54) is 0 Å². The molecule has 2 atom stereocenters. The lowest BCUT2D eigenvalue weighted by Gasteiger charge is -2.20. The van der Waals surface area contributed by atoms with Crippen molar-refractivity contribution in [2.45, 2.75) is 32.3 Å². The number of aliphatic hydroxyl groups excluding tert-OH is 1. The molecule has 0 aliphatic carbocycles. The van der Waals surface area contributed by atoms with Crippen LogP contribution < -0.4 is 10.5 Å². The van der Waals surface area contributed by atoms with Crippen LogP contribution in [0.15, 0.2) is 24.3 Å². The van der Waals surface area contributed by atoms with E-state index in [1.54, 1.807) is 0 Å². The lowest BCUT2D eigenvalue weighted by atomic mass is 9.92. The van der Waals surface area contributed by atoms with Gasteiger partial charge in [-0.3, -0.25) is 0 Å². The average molecular weight is 223 g/mol. The highest BCUT2D eigenvalue weighted by molar-refractivity contribution is 5.30. The summed E-state index contributed by atoms with van der Waals surface area (Å²) >= 11 is 0. The van der Waals surface area contributed by atoms with Crippen LogP contribution in [0, 0.1) is 0 Å². The minimum Gasteiger partial charge on any atom is -0.494 e. The second-order valence-electron chi connectivity index (χ2n) is 3.82. The summed E-state index contributed by atoms with van der Waals surface area (Å²) in [5.74, 6) is 0.869. The number of ether oxygens (including phenoxy) is 1. The van der Waals surface area contributed by atoms with Gasteiger partial charge in [-0.2, -0.15) is 0 Å². The van der Waals surface area contributed by atoms with Crippen molar-refractivity contribution >= 4 is 0 Å². The zero-order valence-electron chi connectivity index (χ0n) is 10.0. The van der Waals surface area contributed by atoms with Crippen molar-refractivity contribution in [2.24, 2.45) is 5.73 Å². The normalized spacial score (nSPS) is 14.5. The maximum absolute atomic E-state index is 9.83. The fourth-order valence-corrected chi connectivity index (χ4v) is 1.78. The zero-order valence-corrected chi connectivity index (χ0v) is 10.0. The Bertz CT molecular complexity index is 297. The third kappa shape index (κ3) is 3.22. The molecule has 0 radical (unpaired) electrons. The third-order valence-electron chi connectivity index (χ3n) is 2.76. The summed E-state index contributed by atoms with van der Waals surface area (Å²) in [6, 6.07) is 7.79. The molecule has 0 amide bonds. The van der Waals surface area contributed by atoms with Crippen LogP contribution in [-0.2, 0) is 0 Å². The molecule has 3 N–H and O–H groups in total. The number of rotatable bonds is 6. The van der Waals surface area contributed by atoms with Crippen molar-refractivity contribution in [2.75, 3.05) is 13.2 Å². The molecule has 1 aromatic rings. The fourth-order valence-electron chi connectivity index (χ4n) is 1.78. The number of hydrogen-bond donors (Lipinski definition) is 2. The molecular formula is C13H21NO2. The maximum atomic E-state index is 9.83. The minimum absolute atomic E-state index is 0.0145. The molecule has 3 nitrogen and oxygen atoms in total. The van der Waals surface area contributed by atoms with Gasteiger partial charge in [-0.15, -0.1) is 0 Å². The topological polar surface area (TPSA) is 55.5 Å². The van der Waals surface area contributed by atoms with Gasteiger partial charge in [0.25, 0.3) is 0 Å². The van der Waals surface area contributed by atoms with Gasteiger partial charge >= 0.3 is 0 Å². The summed E-state index contributed by atoms with van der Waals surface area (Å²) in [5, 5.41) is 9.83. The van der Waals surface area contributed by atoms with Crippen molar-refractivity contribution in [1.82, 2.24) is 0 Å². The Labute approximate surface area is 97.2 Å². The van der Waals surface area contributed by atoms with Crippen LogP contribution in [-0.4, -0.2) is 24.4 Å². The maximum Gasteiger partial charge on any atom is 0.119 e. The van der Waals surface area contributed by atoms with Gasteiger partial charge in [0.1, 0.15) is 5.75 Å². The van der Waals surface area contributed by atoms with Crippen LogP contribution in [0.1, 0.15) is 31.7 Å². The summed E-state index contributed by atoms with van der Waals surface area (Å²) < 4.78 is 5.37. The summed E-state index contributed by atoms with van der Waals surface area (Å²) in [6.07, 6.45) is 0.345. The van der Waals surface area contributed by atoms with E-state index in [-0.39, 0.29) is 12.0 Å². The highest BCUT2D eigenvalue weighted by Crippen LogP contribution is 2.23. The van der Waals surface area contributed by atoms with Crippen LogP contribution in [0.3, 0.4) is 0 Å². The first-order valence-electron chi connectivity index (χ1n) is 5.83. The second-order valence-corrected chi connectivity index (χ2v) is 3.82. The van der Waals surface area contributed by atoms with Gasteiger partial charge in [0.2, 0.25) is 0 Å². The van der Waals surface area contributed by atoms with Crippen molar-refractivity contribution in [3.05, 3.63) is 29.8 Å². The molecule has 0 fully saturated rings. The van der Waals surface area contributed by atoms with Gasteiger partial charge in [-0.05, 0) is 31.0 Å². The van der Waals surface area contributed by atoms with Gasteiger partial charge in [0.15, 0.2) is 0 Å². The Balaban J connectivity index is 2.78. The van der Waals surface area contributed by atoms with Gasteiger partial charge in [0, 0.05) is 12.5 Å². The van der Waals surface area contributed by atoms with Crippen LogP contribution >= 0.6 is 0 Å². The molecule has 3 heteroatoms. The third-order valence-corrected chi connectivity index (χ3v) is 2.76. The van der Waals surface area contributed by atoms with E-state index in [0.29, 0.717) is 13.2 Å². The summed E-state index contributed by atoms with van der Waals surface area (Å²) in [6.45, 7) is 5.04. The Morgan fingerprint density at radius 3 is 2.31 bits per heavy atom. The number of nitrogens with two attached hydrogens (primary N) is 1. The van der Waals surface area contributed by atoms with E-state index in [4.69, 9.17) is 10.5 Å². The highest BCUT2D eigenvalue weighted by atomic mass is 16.5. The molecule has 0 heterocycles. The molecule has 90 valence electrons. The van der Waals surface area contributed by atoms with E-state index >= 15 is 0 Å². The quantitative estimate of drug-likeness (QED) is 0.774. The predicted octanol–water partition coefficient (Wildman–Crippen LogP) is 1.90.